The predicted molar refractivity (Wildman–Crippen MR) is 74.8 cm³/mol. The van der Waals surface area contributed by atoms with E-state index in [1.165, 1.54) is 7.11 Å². The smallest absolute Gasteiger partial charge is 0.351 e. The summed E-state index contributed by atoms with van der Waals surface area (Å²) in [6.07, 6.45) is 0. The molecule has 106 valence electrons. The molecule has 0 saturated heterocycles. The van der Waals surface area contributed by atoms with Gasteiger partial charge in [0.25, 0.3) is 0 Å². The number of halogens is 1. The van der Waals surface area contributed by atoms with Gasteiger partial charge in [-0.3, -0.25) is 4.79 Å². The largest absolute Gasteiger partial charge is 0.465 e. The van der Waals surface area contributed by atoms with Gasteiger partial charge in [-0.25, -0.2) is 9.78 Å². The number of methoxy groups -OCH3 is 1. The number of anilines is 1. The monoisotopic (exact) mass is 305 g/mol. The number of ether oxygens (including phenoxy) is 1. The van der Waals surface area contributed by atoms with Gasteiger partial charge in [0.15, 0.2) is 15.2 Å². The number of nitrogens with one attached hydrogen (secondary N) is 2. The molecule has 0 bridgehead atoms. The summed E-state index contributed by atoms with van der Waals surface area (Å²) < 4.78 is 4.56. The first-order valence-corrected chi connectivity index (χ1v) is 6.88. The van der Waals surface area contributed by atoms with Crippen LogP contribution in [0.25, 0.3) is 0 Å². The van der Waals surface area contributed by atoms with E-state index < -0.39 is 5.97 Å². The van der Waals surface area contributed by atoms with E-state index >= 15 is 0 Å². The molecule has 0 aliphatic rings. The average molecular weight is 306 g/mol. The Morgan fingerprint density at radius 2 is 2.16 bits per heavy atom. The zero-order valence-electron chi connectivity index (χ0n) is 10.9. The Kier molecular flexibility index (Phi) is 6.04. The first-order chi connectivity index (χ1) is 8.93. The molecule has 0 spiro atoms. The highest BCUT2D eigenvalue weighted by atomic mass is 35.5. The molecular formula is C11H16ClN3O3S. The molecule has 0 radical (unpaired) electrons. The molecule has 1 heterocycles. The second-order valence-electron chi connectivity index (χ2n) is 4.18. The van der Waals surface area contributed by atoms with Gasteiger partial charge in [-0.05, 0) is 5.92 Å². The van der Waals surface area contributed by atoms with Gasteiger partial charge in [0.2, 0.25) is 5.91 Å². The van der Waals surface area contributed by atoms with Crippen LogP contribution in [-0.4, -0.2) is 37.1 Å². The van der Waals surface area contributed by atoms with Gasteiger partial charge in [0, 0.05) is 6.54 Å². The van der Waals surface area contributed by atoms with E-state index in [0.29, 0.717) is 17.6 Å². The summed E-state index contributed by atoms with van der Waals surface area (Å²) in [4.78, 5) is 27.0. The van der Waals surface area contributed by atoms with Gasteiger partial charge >= 0.3 is 5.97 Å². The molecule has 0 fully saturated rings. The number of thiazole rings is 1. The third-order valence-corrected chi connectivity index (χ3v) is 3.44. The van der Waals surface area contributed by atoms with Crippen LogP contribution in [0.15, 0.2) is 0 Å². The maximum atomic E-state index is 11.5. The number of carbonyl (C=O) groups excluding carboxylic acids is 2. The van der Waals surface area contributed by atoms with Gasteiger partial charge in [-0.1, -0.05) is 36.8 Å². The van der Waals surface area contributed by atoms with Crippen LogP contribution >= 0.6 is 22.9 Å². The number of aromatic nitrogens is 1. The lowest BCUT2D eigenvalue weighted by molar-refractivity contribution is -0.119. The van der Waals surface area contributed by atoms with Gasteiger partial charge in [-0.15, -0.1) is 0 Å². The average Bonchev–Trinajstić information content (AvgIpc) is 2.74. The molecule has 0 aliphatic carbocycles. The number of amides is 1. The maximum absolute atomic E-state index is 11.5. The van der Waals surface area contributed by atoms with Crippen LogP contribution in [0, 0.1) is 5.92 Å². The summed E-state index contributed by atoms with van der Waals surface area (Å²) in [5.41, 5.74) is 0. The quantitative estimate of drug-likeness (QED) is 0.783. The zero-order valence-corrected chi connectivity index (χ0v) is 12.5. The molecule has 19 heavy (non-hydrogen) atoms. The van der Waals surface area contributed by atoms with Crippen LogP contribution in [0.3, 0.4) is 0 Å². The molecular weight excluding hydrogens is 290 g/mol. The molecule has 1 rings (SSSR count). The number of nitrogens with zero attached hydrogens (tertiary/aromatic N) is 1. The fourth-order valence-electron chi connectivity index (χ4n) is 1.13. The number of hydrogen-bond donors (Lipinski definition) is 2. The maximum Gasteiger partial charge on any atom is 0.351 e. The molecule has 0 aromatic carbocycles. The Morgan fingerprint density at radius 3 is 2.74 bits per heavy atom. The van der Waals surface area contributed by atoms with Crippen molar-refractivity contribution in [2.24, 2.45) is 5.92 Å². The van der Waals surface area contributed by atoms with Crippen molar-refractivity contribution in [3.05, 3.63) is 10.0 Å². The van der Waals surface area contributed by atoms with E-state index in [1.807, 2.05) is 13.8 Å². The molecule has 1 aromatic rings. The fraction of sp³-hybridized carbons (Fsp3) is 0.545. The van der Waals surface area contributed by atoms with Gasteiger partial charge < -0.3 is 15.4 Å². The predicted octanol–water partition coefficient (Wildman–Crippen LogP) is 1.77. The summed E-state index contributed by atoms with van der Waals surface area (Å²) in [5, 5.41) is 6.05. The highest BCUT2D eigenvalue weighted by molar-refractivity contribution is 7.18. The van der Waals surface area contributed by atoms with Crippen LogP contribution < -0.4 is 10.6 Å². The SMILES string of the molecule is COC(=O)c1sc(NCC(=O)NCC(C)C)nc1Cl. The van der Waals surface area contributed by atoms with Crippen molar-refractivity contribution in [1.82, 2.24) is 10.3 Å². The number of esters is 1. The summed E-state index contributed by atoms with van der Waals surface area (Å²) in [5.74, 6) is -0.288. The van der Waals surface area contributed by atoms with E-state index in [1.54, 1.807) is 0 Å². The Labute approximate surface area is 120 Å². The van der Waals surface area contributed by atoms with E-state index in [2.05, 4.69) is 20.4 Å². The van der Waals surface area contributed by atoms with Crippen LogP contribution in [-0.2, 0) is 9.53 Å². The third-order valence-electron chi connectivity index (χ3n) is 2.06. The second kappa shape index (κ2) is 7.30. The van der Waals surface area contributed by atoms with E-state index in [-0.39, 0.29) is 22.5 Å². The highest BCUT2D eigenvalue weighted by Gasteiger charge is 2.17. The molecule has 2 N–H and O–H groups in total. The van der Waals surface area contributed by atoms with Gasteiger partial charge in [0.1, 0.15) is 0 Å². The summed E-state index contributed by atoms with van der Waals surface area (Å²) in [6, 6.07) is 0. The topological polar surface area (TPSA) is 80.3 Å². The molecule has 1 aromatic heterocycles. The molecule has 0 atom stereocenters. The van der Waals surface area contributed by atoms with Crippen molar-refractivity contribution in [1.29, 1.82) is 0 Å². The van der Waals surface area contributed by atoms with Gasteiger partial charge in [0.05, 0.1) is 13.7 Å². The summed E-state index contributed by atoms with van der Waals surface area (Å²) >= 11 is 6.84. The molecule has 6 nitrogen and oxygen atoms in total. The minimum atomic E-state index is -0.542. The Morgan fingerprint density at radius 1 is 1.47 bits per heavy atom. The molecule has 0 saturated carbocycles. The first-order valence-electron chi connectivity index (χ1n) is 5.69. The molecule has 1 amide bonds. The lowest BCUT2D eigenvalue weighted by atomic mass is 10.2. The molecule has 8 heteroatoms. The number of rotatable bonds is 6. The Balaban J connectivity index is 2.50. The summed E-state index contributed by atoms with van der Waals surface area (Å²) in [7, 11) is 1.27. The van der Waals surface area contributed by atoms with Crippen LogP contribution in [0.5, 0.6) is 0 Å². The highest BCUT2D eigenvalue weighted by Crippen LogP contribution is 2.27. The third kappa shape index (κ3) is 5.04. The lowest BCUT2D eigenvalue weighted by Gasteiger charge is -2.07. The lowest BCUT2D eigenvalue weighted by Crippen LogP contribution is -2.32. The minimum absolute atomic E-state index is 0.0712. The zero-order chi connectivity index (χ0) is 14.4. The fourth-order valence-corrected chi connectivity index (χ4v) is 2.23. The molecule has 0 unspecified atom stereocenters. The van der Waals surface area contributed by atoms with Crippen molar-refractivity contribution in [3.8, 4) is 0 Å². The van der Waals surface area contributed by atoms with E-state index in [9.17, 15) is 9.59 Å². The number of carbonyl (C=O) groups is 2. The van der Waals surface area contributed by atoms with Crippen LogP contribution in [0.2, 0.25) is 5.15 Å². The van der Waals surface area contributed by atoms with E-state index in [0.717, 1.165) is 11.3 Å². The minimum Gasteiger partial charge on any atom is -0.465 e. The number of hydrogen-bond acceptors (Lipinski definition) is 6. The van der Waals surface area contributed by atoms with Crippen LogP contribution in [0.4, 0.5) is 5.13 Å². The van der Waals surface area contributed by atoms with Crippen molar-refractivity contribution < 1.29 is 14.3 Å². The van der Waals surface area contributed by atoms with Crippen molar-refractivity contribution in [2.45, 2.75) is 13.8 Å². The van der Waals surface area contributed by atoms with Crippen molar-refractivity contribution in [2.75, 3.05) is 25.5 Å². The standard InChI is InChI=1S/C11H16ClN3O3S/c1-6(2)4-13-7(16)5-14-11-15-9(12)8(19-11)10(17)18-3/h6H,4-5H2,1-3H3,(H,13,16)(H,14,15). The normalized spacial score (nSPS) is 10.4. The van der Waals surface area contributed by atoms with Crippen LogP contribution in [0.1, 0.15) is 23.5 Å². The van der Waals surface area contributed by atoms with E-state index in [4.69, 9.17) is 11.6 Å². The summed E-state index contributed by atoms with van der Waals surface area (Å²) in [6.45, 7) is 4.72. The van der Waals surface area contributed by atoms with Gasteiger partial charge in [-0.2, -0.15) is 0 Å². The van der Waals surface area contributed by atoms with Crippen molar-refractivity contribution in [3.63, 3.8) is 0 Å². The first kappa shape index (κ1) is 15.7. The van der Waals surface area contributed by atoms with Crippen molar-refractivity contribution >= 4 is 39.9 Å². The second-order valence-corrected chi connectivity index (χ2v) is 5.54. The Hall–Kier alpha value is -1.34. The Bertz CT molecular complexity index is 462. The molecule has 0 aliphatic heterocycles.